The summed E-state index contributed by atoms with van der Waals surface area (Å²) >= 11 is 0. The maximum atomic E-state index is 11.7. The molecule has 0 aromatic heterocycles. The summed E-state index contributed by atoms with van der Waals surface area (Å²) in [5.41, 5.74) is 0. The van der Waals surface area contributed by atoms with E-state index in [0.717, 1.165) is 13.0 Å². The van der Waals surface area contributed by atoms with Crippen LogP contribution in [0, 0.1) is 11.8 Å². The predicted octanol–water partition coefficient (Wildman–Crippen LogP) is 2.00. The molecular formula is C13H21NO2. The molecule has 90 valence electrons. The summed E-state index contributed by atoms with van der Waals surface area (Å²) in [5, 5.41) is 0. The van der Waals surface area contributed by atoms with E-state index < -0.39 is 0 Å². The van der Waals surface area contributed by atoms with E-state index in [2.05, 4.69) is 0 Å². The van der Waals surface area contributed by atoms with Crippen molar-refractivity contribution in [1.29, 1.82) is 0 Å². The molecule has 1 amide bonds. The molecule has 0 bridgehead atoms. The van der Waals surface area contributed by atoms with Crippen molar-refractivity contribution in [2.75, 3.05) is 6.54 Å². The second-order valence-electron chi connectivity index (χ2n) is 5.26. The van der Waals surface area contributed by atoms with E-state index in [1.165, 1.54) is 25.7 Å². The fraction of sp³-hybridized carbons (Fsp3) is 0.846. The molecule has 2 atom stereocenters. The second-order valence-corrected chi connectivity index (χ2v) is 5.26. The lowest BCUT2D eigenvalue weighted by Gasteiger charge is -2.28. The van der Waals surface area contributed by atoms with Gasteiger partial charge in [0.05, 0.1) is 6.04 Å². The van der Waals surface area contributed by atoms with Crippen LogP contribution in [0.3, 0.4) is 0 Å². The van der Waals surface area contributed by atoms with E-state index in [1.807, 2.05) is 0 Å². The zero-order chi connectivity index (χ0) is 11.7. The number of Topliss-reactive ketones (excluding diaryl/α,β-unsaturated/α-hetero) is 1. The fourth-order valence-corrected chi connectivity index (χ4v) is 3.57. The standard InChI is InChI=1S/C13H21NO2/c1-9(15)13-12(11-5-3-4-6-11)7-8-14(13)10(2)16/h11-13H,3-8H2,1-2H3/t12-,13-/m1/s1. The van der Waals surface area contributed by atoms with Gasteiger partial charge in [0.2, 0.25) is 5.91 Å². The number of likely N-dealkylation sites (tertiary alicyclic amines) is 1. The summed E-state index contributed by atoms with van der Waals surface area (Å²) in [6.45, 7) is 3.99. The van der Waals surface area contributed by atoms with E-state index in [9.17, 15) is 9.59 Å². The Hall–Kier alpha value is -0.860. The highest BCUT2D eigenvalue weighted by Crippen LogP contribution is 2.40. The Kier molecular flexibility index (Phi) is 3.31. The van der Waals surface area contributed by atoms with Crippen molar-refractivity contribution in [2.24, 2.45) is 11.8 Å². The SMILES string of the molecule is CC(=O)[C@@H]1[C@@H](C2CCCC2)CCN1C(C)=O. The molecule has 1 saturated carbocycles. The lowest BCUT2D eigenvalue weighted by atomic mass is 9.83. The molecule has 0 N–H and O–H groups in total. The Morgan fingerprint density at radius 3 is 2.19 bits per heavy atom. The average Bonchev–Trinajstić information content (AvgIpc) is 2.85. The smallest absolute Gasteiger partial charge is 0.220 e. The van der Waals surface area contributed by atoms with Gasteiger partial charge in [-0.1, -0.05) is 25.7 Å². The van der Waals surface area contributed by atoms with Crippen LogP contribution in [-0.2, 0) is 9.59 Å². The van der Waals surface area contributed by atoms with Crippen LogP contribution in [0.5, 0.6) is 0 Å². The minimum absolute atomic E-state index is 0.0562. The van der Waals surface area contributed by atoms with Gasteiger partial charge < -0.3 is 4.90 Å². The molecule has 1 aliphatic heterocycles. The molecule has 1 aliphatic carbocycles. The van der Waals surface area contributed by atoms with Crippen LogP contribution in [0.15, 0.2) is 0 Å². The van der Waals surface area contributed by atoms with Gasteiger partial charge in [-0.25, -0.2) is 0 Å². The molecule has 0 aromatic carbocycles. The van der Waals surface area contributed by atoms with Gasteiger partial charge in [0.25, 0.3) is 0 Å². The summed E-state index contributed by atoms with van der Waals surface area (Å²) in [5.74, 6) is 1.34. The molecule has 3 heteroatoms. The maximum absolute atomic E-state index is 11.7. The second kappa shape index (κ2) is 4.56. The Balaban J connectivity index is 2.13. The number of rotatable bonds is 2. The molecule has 1 saturated heterocycles. The Morgan fingerprint density at radius 1 is 1.06 bits per heavy atom. The van der Waals surface area contributed by atoms with Crippen LogP contribution >= 0.6 is 0 Å². The third-order valence-electron chi connectivity index (χ3n) is 4.27. The van der Waals surface area contributed by atoms with Gasteiger partial charge in [0.1, 0.15) is 0 Å². The number of carbonyl (C=O) groups is 2. The first-order valence-corrected chi connectivity index (χ1v) is 6.39. The average molecular weight is 223 g/mol. The van der Waals surface area contributed by atoms with Gasteiger partial charge >= 0.3 is 0 Å². The number of nitrogens with zero attached hydrogens (tertiary/aromatic N) is 1. The summed E-state index contributed by atoms with van der Waals surface area (Å²) in [7, 11) is 0. The summed E-state index contributed by atoms with van der Waals surface area (Å²) in [6.07, 6.45) is 6.12. The molecule has 16 heavy (non-hydrogen) atoms. The van der Waals surface area contributed by atoms with Gasteiger partial charge in [0, 0.05) is 13.5 Å². The lowest BCUT2D eigenvalue weighted by Crippen LogP contribution is -2.42. The highest BCUT2D eigenvalue weighted by atomic mass is 16.2. The first-order valence-electron chi connectivity index (χ1n) is 6.39. The number of hydrogen-bond donors (Lipinski definition) is 0. The van der Waals surface area contributed by atoms with Crippen LogP contribution in [0.4, 0.5) is 0 Å². The predicted molar refractivity (Wildman–Crippen MR) is 61.9 cm³/mol. The van der Waals surface area contributed by atoms with Crippen molar-refractivity contribution in [2.45, 2.75) is 52.0 Å². The van der Waals surface area contributed by atoms with Gasteiger partial charge in [-0.2, -0.15) is 0 Å². The van der Waals surface area contributed by atoms with Crippen molar-refractivity contribution in [3.63, 3.8) is 0 Å². The van der Waals surface area contributed by atoms with E-state index in [1.54, 1.807) is 18.7 Å². The van der Waals surface area contributed by atoms with Crippen molar-refractivity contribution < 1.29 is 9.59 Å². The van der Waals surface area contributed by atoms with Crippen molar-refractivity contribution in [1.82, 2.24) is 4.90 Å². The largest absolute Gasteiger partial charge is 0.333 e. The molecular weight excluding hydrogens is 202 g/mol. The minimum atomic E-state index is -0.124. The van der Waals surface area contributed by atoms with E-state index >= 15 is 0 Å². The Bertz CT molecular complexity index is 294. The fourth-order valence-electron chi connectivity index (χ4n) is 3.57. The Labute approximate surface area is 97.2 Å². The maximum Gasteiger partial charge on any atom is 0.220 e. The van der Waals surface area contributed by atoms with Crippen molar-refractivity contribution in [3.8, 4) is 0 Å². The first-order chi connectivity index (χ1) is 7.61. The molecule has 0 radical (unpaired) electrons. The summed E-state index contributed by atoms with van der Waals surface area (Å²) in [6, 6.07) is -0.124. The number of amides is 1. The van der Waals surface area contributed by atoms with Gasteiger partial charge in [0.15, 0.2) is 5.78 Å². The first kappa shape index (κ1) is 11.6. The topological polar surface area (TPSA) is 37.4 Å². The third-order valence-corrected chi connectivity index (χ3v) is 4.27. The van der Waals surface area contributed by atoms with Crippen molar-refractivity contribution in [3.05, 3.63) is 0 Å². The third kappa shape index (κ3) is 2.00. The highest BCUT2D eigenvalue weighted by Gasteiger charge is 2.42. The van der Waals surface area contributed by atoms with E-state index in [4.69, 9.17) is 0 Å². The molecule has 0 spiro atoms. The van der Waals surface area contributed by atoms with Crippen molar-refractivity contribution >= 4 is 11.7 Å². The molecule has 2 aliphatic rings. The minimum Gasteiger partial charge on any atom is -0.333 e. The zero-order valence-electron chi connectivity index (χ0n) is 10.2. The highest BCUT2D eigenvalue weighted by molar-refractivity contribution is 5.87. The number of hydrogen-bond acceptors (Lipinski definition) is 2. The molecule has 0 unspecified atom stereocenters. The van der Waals surface area contributed by atoms with Crippen LogP contribution in [0.2, 0.25) is 0 Å². The Morgan fingerprint density at radius 2 is 1.69 bits per heavy atom. The summed E-state index contributed by atoms with van der Waals surface area (Å²) in [4.78, 5) is 25.0. The van der Waals surface area contributed by atoms with E-state index in [0.29, 0.717) is 11.8 Å². The van der Waals surface area contributed by atoms with Crippen LogP contribution in [-0.4, -0.2) is 29.2 Å². The quantitative estimate of drug-likeness (QED) is 0.718. The van der Waals surface area contributed by atoms with Crippen LogP contribution in [0.1, 0.15) is 46.0 Å². The molecule has 2 fully saturated rings. The lowest BCUT2D eigenvalue weighted by molar-refractivity contribution is -0.136. The number of carbonyl (C=O) groups excluding carboxylic acids is 2. The van der Waals surface area contributed by atoms with Gasteiger partial charge in [-0.15, -0.1) is 0 Å². The van der Waals surface area contributed by atoms with Crippen LogP contribution in [0.25, 0.3) is 0 Å². The van der Waals surface area contributed by atoms with Crippen LogP contribution < -0.4 is 0 Å². The van der Waals surface area contributed by atoms with Gasteiger partial charge in [-0.3, -0.25) is 9.59 Å². The van der Waals surface area contributed by atoms with Gasteiger partial charge in [-0.05, 0) is 25.2 Å². The monoisotopic (exact) mass is 223 g/mol. The summed E-state index contributed by atoms with van der Waals surface area (Å²) < 4.78 is 0. The normalized spacial score (nSPS) is 31.0. The molecule has 0 aromatic rings. The molecule has 3 nitrogen and oxygen atoms in total. The zero-order valence-corrected chi connectivity index (χ0v) is 10.2. The van der Waals surface area contributed by atoms with E-state index in [-0.39, 0.29) is 17.7 Å². The number of ketones is 1. The molecule has 2 rings (SSSR count). The molecule has 1 heterocycles.